The van der Waals surface area contributed by atoms with Gasteiger partial charge in [0.1, 0.15) is 10.7 Å². The third-order valence-electron chi connectivity index (χ3n) is 4.28. The highest BCUT2D eigenvalue weighted by Gasteiger charge is 2.16. The van der Waals surface area contributed by atoms with Crippen molar-refractivity contribution in [2.75, 3.05) is 11.9 Å². The number of benzene rings is 1. The van der Waals surface area contributed by atoms with Crippen LogP contribution in [0.2, 0.25) is 10.0 Å². The summed E-state index contributed by atoms with van der Waals surface area (Å²) < 4.78 is 4.03. The van der Waals surface area contributed by atoms with Gasteiger partial charge in [0, 0.05) is 12.2 Å². The van der Waals surface area contributed by atoms with Gasteiger partial charge in [-0.2, -0.15) is 0 Å². The molecule has 0 atom stereocenters. The van der Waals surface area contributed by atoms with Gasteiger partial charge in [0.2, 0.25) is 0 Å². The van der Waals surface area contributed by atoms with E-state index in [9.17, 15) is 0 Å². The maximum absolute atomic E-state index is 6.12. The lowest BCUT2D eigenvalue weighted by molar-refractivity contribution is 0.367. The molecule has 1 saturated carbocycles. The van der Waals surface area contributed by atoms with Gasteiger partial charge in [-0.15, -0.1) is 5.10 Å². The molecule has 0 unspecified atom stereocenters. The second kappa shape index (κ2) is 8.28. The van der Waals surface area contributed by atoms with Gasteiger partial charge in [-0.1, -0.05) is 47.0 Å². The number of aryl methyl sites for hydroxylation is 1. The van der Waals surface area contributed by atoms with Crippen molar-refractivity contribution >= 4 is 46.3 Å². The first kappa shape index (κ1) is 17.6. The normalized spacial score (nSPS) is 16.4. The molecule has 4 nitrogen and oxygen atoms in total. The van der Waals surface area contributed by atoms with E-state index in [1.54, 1.807) is 6.07 Å². The summed E-state index contributed by atoms with van der Waals surface area (Å²) in [6.45, 7) is 2.78. The highest BCUT2D eigenvalue weighted by molar-refractivity contribution is 7.08. The number of halogens is 2. The summed E-state index contributed by atoms with van der Waals surface area (Å²) in [5, 5.41) is 8.53. The number of nitrogens with one attached hydrogen (secondary N) is 1. The van der Waals surface area contributed by atoms with Crippen LogP contribution in [0, 0.1) is 12.8 Å². The minimum Gasteiger partial charge on any atom is -0.339 e. The number of amidine groups is 1. The van der Waals surface area contributed by atoms with Gasteiger partial charge in [-0.25, -0.2) is 0 Å². The third kappa shape index (κ3) is 4.47. The fourth-order valence-electron chi connectivity index (χ4n) is 2.92. The number of aromatic nitrogens is 2. The van der Waals surface area contributed by atoms with Crippen molar-refractivity contribution < 1.29 is 0 Å². The van der Waals surface area contributed by atoms with Gasteiger partial charge in [0.05, 0.1) is 15.7 Å². The predicted octanol–water partition coefficient (Wildman–Crippen LogP) is 5.59. The van der Waals surface area contributed by atoms with Crippen LogP contribution < -0.4 is 5.32 Å². The molecule has 1 aromatic heterocycles. The molecule has 3 rings (SSSR count). The Morgan fingerprint density at radius 3 is 2.71 bits per heavy atom. The fourth-order valence-corrected chi connectivity index (χ4v) is 3.84. The Morgan fingerprint density at radius 2 is 2.04 bits per heavy atom. The standard InChI is InChI=1S/C17H20Cl2N4S/c1-11-16(24-23-22-11)17(20-10-12-5-3-2-4-6-12)21-13-7-8-14(18)15(19)9-13/h7-9,12H,2-6,10H2,1H3,(H,20,21). The van der Waals surface area contributed by atoms with E-state index in [2.05, 4.69) is 14.9 Å². The summed E-state index contributed by atoms with van der Waals surface area (Å²) >= 11 is 13.5. The number of hydrogen-bond donors (Lipinski definition) is 1. The van der Waals surface area contributed by atoms with Gasteiger partial charge in [-0.05, 0) is 55.4 Å². The number of anilines is 1. The Kier molecular flexibility index (Phi) is 6.09. The first-order valence-corrected chi connectivity index (χ1v) is 9.72. The zero-order chi connectivity index (χ0) is 16.9. The Hall–Kier alpha value is -1.17. The lowest BCUT2D eigenvalue weighted by Crippen LogP contribution is -2.17. The van der Waals surface area contributed by atoms with Gasteiger partial charge in [0.25, 0.3) is 0 Å². The van der Waals surface area contributed by atoms with Crippen molar-refractivity contribution in [2.45, 2.75) is 39.0 Å². The lowest BCUT2D eigenvalue weighted by atomic mass is 9.89. The van der Waals surface area contributed by atoms with Crippen molar-refractivity contribution in [3.8, 4) is 0 Å². The summed E-state index contributed by atoms with van der Waals surface area (Å²) in [5.74, 6) is 1.48. The van der Waals surface area contributed by atoms with Crippen LogP contribution in [0.3, 0.4) is 0 Å². The van der Waals surface area contributed by atoms with Crippen molar-refractivity contribution in [3.05, 3.63) is 38.8 Å². The van der Waals surface area contributed by atoms with E-state index < -0.39 is 0 Å². The molecule has 1 heterocycles. The molecule has 0 amide bonds. The van der Waals surface area contributed by atoms with Crippen molar-refractivity contribution in [3.63, 3.8) is 0 Å². The molecule has 0 saturated heterocycles. The molecule has 0 spiro atoms. The summed E-state index contributed by atoms with van der Waals surface area (Å²) in [5.41, 5.74) is 1.74. The maximum Gasteiger partial charge on any atom is 0.146 e. The molecule has 2 aromatic rings. The first-order valence-electron chi connectivity index (χ1n) is 8.19. The molecule has 128 valence electrons. The van der Waals surface area contributed by atoms with Gasteiger partial charge < -0.3 is 5.32 Å². The highest BCUT2D eigenvalue weighted by atomic mass is 35.5. The molecule has 1 aliphatic rings. The number of aliphatic imine (C=N–C) groups is 1. The van der Waals surface area contributed by atoms with Crippen LogP contribution in [-0.4, -0.2) is 22.0 Å². The summed E-state index contributed by atoms with van der Waals surface area (Å²) in [7, 11) is 0. The Bertz CT molecular complexity index is 723. The molecule has 7 heteroatoms. The van der Waals surface area contributed by atoms with Crippen LogP contribution in [-0.2, 0) is 0 Å². The second-order valence-electron chi connectivity index (χ2n) is 6.13. The minimum absolute atomic E-state index is 0.521. The van der Waals surface area contributed by atoms with Crippen LogP contribution >= 0.6 is 34.7 Å². The minimum atomic E-state index is 0.521. The van der Waals surface area contributed by atoms with E-state index in [0.29, 0.717) is 16.0 Å². The molecule has 1 N–H and O–H groups in total. The summed E-state index contributed by atoms with van der Waals surface area (Å²) in [6.07, 6.45) is 6.52. The number of hydrogen-bond acceptors (Lipinski definition) is 4. The van der Waals surface area contributed by atoms with E-state index in [1.807, 2.05) is 19.1 Å². The Balaban J connectivity index is 1.81. The molecular formula is C17H20Cl2N4S. The zero-order valence-electron chi connectivity index (χ0n) is 13.6. The Labute approximate surface area is 156 Å². The Morgan fingerprint density at radius 1 is 1.25 bits per heavy atom. The fraction of sp³-hybridized carbons (Fsp3) is 0.471. The van der Waals surface area contributed by atoms with Crippen molar-refractivity contribution in [1.29, 1.82) is 0 Å². The molecular weight excluding hydrogens is 363 g/mol. The van der Waals surface area contributed by atoms with Gasteiger partial charge in [0.15, 0.2) is 0 Å². The number of rotatable bonds is 4. The van der Waals surface area contributed by atoms with Gasteiger partial charge >= 0.3 is 0 Å². The SMILES string of the molecule is Cc1nnsc1C(=NCC1CCCCC1)Nc1ccc(Cl)c(Cl)c1. The second-order valence-corrected chi connectivity index (χ2v) is 7.70. The summed E-state index contributed by atoms with van der Waals surface area (Å²) in [4.78, 5) is 5.83. The quantitative estimate of drug-likeness (QED) is 0.553. The highest BCUT2D eigenvalue weighted by Crippen LogP contribution is 2.27. The monoisotopic (exact) mass is 382 g/mol. The van der Waals surface area contributed by atoms with Crippen LogP contribution in [0.1, 0.15) is 42.7 Å². The van der Waals surface area contributed by atoms with E-state index in [1.165, 1.54) is 43.6 Å². The van der Waals surface area contributed by atoms with Crippen LogP contribution in [0.4, 0.5) is 5.69 Å². The van der Waals surface area contributed by atoms with E-state index >= 15 is 0 Å². The first-order chi connectivity index (χ1) is 11.6. The van der Waals surface area contributed by atoms with E-state index in [0.717, 1.165) is 28.6 Å². The molecule has 0 aliphatic heterocycles. The van der Waals surface area contributed by atoms with Crippen molar-refractivity contribution in [1.82, 2.24) is 9.59 Å². The number of nitrogens with zero attached hydrogens (tertiary/aromatic N) is 3. The van der Waals surface area contributed by atoms with Crippen LogP contribution in [0.25, 0.3) is 0 Å². The van der Waals surface area contributed by atoms with Gasteiger partial charge in [-0.3, -0.25) is 4.99 Å². The third-order valence-corrected chi connectivity index (χ3v) is 5.85. The van der Waals surface area contributed by atoms with Crippen LogP contribution in [0.15, 0.2) is 23.2 Å². The molecule has 24 heavy (non-hydrogen) atoms. The maximum atomic E-state index is 6.12. The summed E-state index contributed by atoms with van der Waals surface area (Å²) in [6, 6.07) is 5.49. The largest absolute Gasteiger partial charge is 0.339 e. The molecule has 1 aliphatic carbocycles. The van der Waals surface area contributed by atoms with E-state index in [-0.39, 0.29) is 0 Å². The zero-order valence-corrected chi connectivity index (χ0v) is 15.9. The van der Waals surface area contributed by atoms with Crippen molar-refractivity contribution in [2.24, 2.45) is 10.9 Å². The smallest absolute Gasteiger partial charge is 0.146 e. The molecule has 1 fully saturated rings. The average molecular weight is 383 g/mol. The lowest BCUT2D eigenvalue weighted by Gasteiger charge is -2.20. The molecule has 0 bridgehead atoms. The molecule has 1 aromatic carbocycles. The topological polar surface area (TPSA) is 50.2 Å². The average Bonchev–Trinajstić information content (AvgIpc) is 3.01. The van der Waals surface area contributed by atoms with E-state index in [4.69, 9.17) is 28.2 Å². The predicted molar refractivity (Wildman–Crippen MR) is 103 cm³/mol. The molecule has 0 radical (unpaired) electrons. The van der Waals surface area contributed by atoms with Crippen LogP contribution in [0.5, 0.6) is 0 Å².